The first-order valence-corrected chi connectivity index (χ1v) is 10.6. The molecule has 3 fully saturated rings. The topological polar surface area (TPSA) is 73.3 Å². The number of phenolic OH excluding ortho intramolecular Hbond substituents is 1. The van der Waals surface area contributed by atoms with Crippen molar-refractivity contribution < 1.29 is 19.5 Å². The second-order valence-electron chi connectivity index (χ2n) is 8.47. The predicted molar refractivity (Wildman–Crippen MR) is 107 cm³/mol. The summed E-state index contributed by atoms with van der Waals surface area (Å²) in [6.07, 6.45) is 5.90. The van der Waals surface area contributed by atoms with Gasteiger partial charge in [0, 0.05) is 32.7 Å². The van der Waals surface area contributed by atoms with Gasteiger partial charge in [-0.2, -0.15) is 5.06 Å². The van der Waals surface area contributed by atoms with Gasteiger partial charge in [-0.15, -0.1) is 0 Å². The molecule has 4 atom stereocenters. The third kappa shape index (κ3) is 3.22. The Morgan fingerprint density at radius 1 is 0.966 bits per heavy atom. The number of hydroxylamine groups is 2. The van der Waals surface area contributed by atoms with Crippen LogP contribution in [0.1, 0.15) is 12.8 Å². The van der Waals surface area contributed by atoms with E-state index < -0.39 is 0 Å². The van der Waals surface area contributed by atoms with Gasteiger partial charge in [0.2, 0.25) is 0 Å². The predicted octanol–water partition coefficient (Wildman–Crippen LogP) is 1.64. The van der Waals surface area contributed by atoms with Crippen LogP contribution in [0.3, 0.4) is 0 Å². The van der Waals surface area contributed by atoms with E-state index in [9.17, 15) is 14.7 Å². The lowest BCUT2D eigenvalue weighted by atomic mass is 9.85. The monoisotopic (exact) mass is 397 g/mol. The van der Waals surface area contributed by atoms with Gasteiger partial charge in [-0.3, -0.25) is 19.3 Å². The maximum atomic E-state index is 12.6. The normalized spacial score (nSPS) is 31.2. The Morgan fingerprint density at radius 2 is 1.62 bits per heavy atom. The number of aromatic hydroxyl groups is 1. The number of hydrogen-bond donors (Lipinski definition) is 1. The van der Waals surface area contributed by atoms with Crippen LogP contribution in [0.25, 0.3) is 0 Å². The highest BCUT2D eigenvalue weighted by Gasteiger charge is 2.60. The van der Waals surface area contributed by atoms with Gasteiger partial charge in [-0.1, -0.05) is 24.3 Å². The molecule has 154 valence electrons. The minimum absolute atomic E-state index is 0.145. The van der Waals surface area contributed by atoms with Crippen molar-refractivity contribution in [2.24, 2.45) is 23.7 Å². The van der Waals surface area contributed by atoms with E-state index >= 15 is 0 Å². The number of amides is 2. The van der Waals surface area contributed by atoms with Gasteiger partial charge in [0.15, 0.2) is 0 Å². The summed E-state index contributed by atoms with van der Waals surface area (Å²) in [7, 11) is 0. The average Bonchev–Trinajstić information content (AvgIpc) is 3.41. The van der Waals surface area contributed by atoms with Crippen molar-refractivity contribution in [3.05, 3.63) is 36.4 Å². The number of anilines is 1. The fourth-order valence-electron chi connectivity index (χ4n) is 5.39. The second-order valence-corrected chi connectivity index (χ2v) is 8.47. The molecule has 1 saturated carbocycles. The summed E-state index contributed by atoms with van der Waals surface area (Å²) in [6, 6.07) is 7.43. The number of carbonyl (C=O) groups excluding carboxylic acids is 2. The Hall–Kier alpha value is -2.38. The molecule has 29 heavy (non-hydrogen) atoms. The van der Waals surface area contributed by atoms with Gasteiger partial charge >= 0.3 is 0 Å². The van der Waals surface area contributed by atoms with Crippen molar-refractivity contribution >= 4 is 17.5 Å². The van der Waals surface area contributed by atoms with Crippen LogP contribution in [0.4, 0.5) is 5.69 Å². The van der Waals surface area contributed by atoms with E-state index in [4.69, 9.17) is 4.84 Å². The van der Waals surface area contributed by atoms with Crippen LogP contribution in [0.2, 0.25) is 0 Å². The molecule has 2 heterocycles. The van der Waals surface area contributed by atoms with Crippen LogP contribution in [0, 0.1) is 23.7 Å². The molecule has 7 heteroatoms. The molecule has 2 amide bonds. The van der Waals surface area contributed by atoms with Gasteiger partial charge in [0.1, 0.15) is 5.75 Å². The van der Waals surface area contributed by atoms with E-state index in [2.05, 4.69) is 22.0 Å². The largest absolute Gasteiger partial charge is 0.506 e. The van der Waals surface area contributed by atoms with Crippen molar-refractivity contribution in [1.29, 1.82) is 0 Å². The number of para-hydroxylation sites is 2. The quantitative estimate of drug-likeness (QED) is 0.447. The second kappa shape index (κ2) is 7.46. The molecule has 2 saturated heterocycles. The highest BCUT2D eigenvalue weighted by atomic mass is 16.7. The van der Waals surface area contributed by atoms with Crippen molar-refractivity contribution in [3.63, 3.8) is 0 Å². The Morgan fingerprint density at radius 3 is 2.28 bits per heavy atom. The lowest BCUT2D eigenvalue weighted by molar-refractivity contribution is -0.190. The molecule has 7 nitrogen and oxygen atoms in total. The number of carbonyl (C=O) groups is 2. The Bertz CT molecular complexity index is 803. The van der Waals surface area contributed by atoms with Gasteiger partial charge < -0.3 is 10.0 Å². The smallest absolute Gasteiger partial charge is 0.258 e. The molecule has 2 unspecified atom stereocenters. The lowest BCUT2D eigenvalue weighted by Gasteiger charge is -2.36. The molecular weight excluding hydrogens is 370 g/mol. The molecule has 4 aliphatic rings. The van der Waals surface area contributed by atoms with Crippen molar-refractivity contribution in [1.82, 2.24) is 9.96 Å². The number of nitrogens with zero attached hydrogens (tertiary/aromatic N) is 3. The number of piperazine rings is 1. The number of imide groups is 1. The summed E-state index contributed by atoms with van der Waals surface area (Å²) in [5.74, 6) is 0.0784. The zero-order valence-electron chi connectivity index (χ0n) is 16.4. The van der Waals surface area contributed by atoms with Gasteiger partial charge in [0.05, 0.1) is 24.1 Å². The zero-order valence-corrected chi connectivity index (χ0v) is 16.4. The van der Waals surface area contributed by atoms with Crippen LogP contribution < -0.4 is 4.90 Å². The number of allylic oxidation sites excluding steroid dienone is 2. The highest BCUT2D eigenvalue weighted by molar-refractivity contribution is 6.05. The molecule has 1 aromatic rings. The van der Waals surface area contributed by atoms with E-state index in [0.29, 0.717) is 12.4 Å². The van der Waals surface area contributed by atoms with Crippen LogP contribution in [0.5, 0.6) is 5.75 Å². The van der Waals surface area contributed by atoms with Crippen molar-refractivity contribution in [2.45, 2.75) is 12.8 Å². The van der Waals surface area contributed by atoms with Crippen LogP contribution >= 0.6 is 0 Å². The average molecular weight is 397 g/mol. The first-order valence-electron chi connectivity index (χ1n) is 10.6. The highest BCUT2D eigenvalue weighted by Crippen LogP contribution is 2.52. The number of benzene rings is 1. The number of rotatable bonds is 6. The number of hydrogen-bond acceptors (Lipinski definition) is 6. The molecule has 2 bridgehead atoms. The summed E-state index contributed by atoms with van der Waals surface area (Å²) in [5.41, 5.74) is 0.885. The van der Waals surface area contributed by atoms with Crippen LogP contribution in [-0.4, -0.2) is 66.2 Å². The first kappa shape index (κ1) is 18.6. The van der Waals surface area contributed by atoms with Crippen molar-refractivity contribution in [2.75, 3.05) is 44.2 Å². The van der Waals surface area contributed by atoms with Crippen molar-refractivity contribution in [3.8, 4) is 5.75 Å². The molecule has 1 aromatic carbocycles. The molecule has 2 aliphatic carbocycles. The summed E-state index contributed by atoms with van der Waals surface area (Å²) < 4.78 is 0. The number of phenols is 1. The summed E-state index contributed by atoms with van der Waals surface area (Å²) in [6.45, 7) is 4.79. The van der Waals surface area contributed by atoms with Gasteiger partial charge in [-0.05, 0) is 36.8 Å². The van der Waals surface area contributed by atoms with E-state index in [1.165, 1.54) is 0 Å². The van der Waals surface area contributed by atoms with Crippen LogP contribution in [-0.2, 0) is 14.4 Å². The molecular formula is C22H27N3O4. The fourth-order valence-corrected chi connectivity index (χ4v) is 5.39. The minimum atomic E-state index is -0.194. The third-order valence-electron chi connectivity index (χ3n) is 6.86. The summed E-state index contributed by atoms with van der Waals surface area (Å²) in [4.78, 5) is 35.4. The molecule has 0 radical (unpaired) electrons. The molecule has 5 rings (SSSR count). The maximum Gasteiger partial charge on any atom is 0.258 e. The van der Waals surface area contributed by atoms with Gasteiger partial charge in [-0.25, -0.2) is 0 Å². The third-order valence-corrected chi connectivity index (χ3v) is 6.86. The van der Waals surface area contributed by atoms with E-state index in [1.54, 1.807) is 6.07 Å². The number of fused-ring (bicyclic) bond motifs is 5. The van der Waals surface area contributed by atoms with E-state index in [1.807, 2.05) is 18.2 Å². The standard InChI is InChI=1S/C22H27N3O4/c26-18-5-2-1-4-17(18)24-11-9-23(10-12-24)8-3-13-29-25-21(27)19-15-6-7-16(14-15)20(19)22(25)28/h1-2,4-7,15-16,19-20,26H,3,8-14H2/t15-,16+,19?,20?. The first-order chi connectivity index (χ1) is 14.1. The molecule has 2 aliphatic heterocycles. The SMILES string of the molecule is O=C1C2C(C(=O)N1OCCCN1CCN(c3ccccc3O)CC1)[C@H]1C=C[C@@H]2C1. The van der Waals surface area contributed by atoms with Crippen LogP contribution in [0.15, 0.2) is 36.4 Å². The Labute approximate surface area is 170 Å². The van der Waals surface area contributed by atoms with Gasteiger partial charge in [0.25, 0.3) is 11.8 Å². The van der Waals surface area contributed by atoms with E-state index in [-0.39, 0.29) is 35.5 Å². The molecule has 1 N–H and O–H groups in total. The fraction of sp³-hybridized carbons (Fsp3) is 0.545. The molecule has 0 aromatic heterocycles. The van der Waals surface area contributed by atoms with E-state index in [0.717, 1.165) is 56.3 Å². The Balaban J connectivity index is 1.06. The maximum absolute atomic E-state index is 12.6. The minimum Gasteiger partial charge on any atom is -0.506 e. The zero-order chi connectivity index (χ0) is 20.0. The molecule has 0 spiro atoms. The Kier molecular flexibility index (Phi) is 4.80. The summed E-state index contributed by atoms with van der Waals surface area (Å²) >= 11 is 0. The lowest BCUT2D eigenvalue weighted by Crippen LogP contribution is -2.46. The summed E-state index contributed by atoms with van der Waals surface area (Å²) in [5, 5.41) is 11.1.